The zero-order valence-corrected chi connectivity index (χ0v) is 14.6. The highest BCUT2D eigenvalue weighted by Gasteiger charge is 2.27. The van der Waals surface area contributed by atoms with Crippen LogP contribution in [0, 0.1) is 5.41 Å². The normalized spacial score (nSPS) is 10.9. The number of carbonyl (C=O) groups excluding carboxylic acids is 1. The fourth-order valence-electron chi connectivity index (χ4n) is 2.04. The van der Waals surface area contributed by atoms with Crippen molar-refractivity contribution in [3.8, 4) is 0 Å². The van der Waals surface area contributed by atoms with E-state index in [2.05, 4.69) is 17.6 Å². The molecule has 120 valence electrons. The quantitative estimate of drug-likeness (QED) is 0.716. The van der Waals surface area contributed by atoms with Crippen molar-refractivity contribution in [1.29, 1.82) is 0 Å². The highest BCUT2D eigenvalue weighted by molar-refractivity contribution is 6.30. The first-order valence-corrected chi connectivity index (χ1v) is 7.57. The van der Waals surface area contributed by atoms with E-state index in [-0.39, 0.29) is 18.3 Å². The van der Waals surface area contributed by atoms with Crippen molar-refractivity contribution >= 4 is 29.9 Å². The molecule has 0 saturated heterocycles. The first kappa shape index (κ1) is 20.2. The van der Waals surface area contributed by atoms with E-state index in [0.29, 0.717) is 18.0 Å². The Morgan fingerprint density at radius 3 is 2.57 bits per heavy atom. The van der Waals surface area contributed by atoms with Gasteiger partial charge in [0.1, 0.15) is 0 Å². The maximum atomic E-state index is 12.2. The minimum atomic E-state index is -0.435. The van der Waals surface area contributed by atoms with E-state index >= 15 is 0 Å². The zero-order chi connectivity index (χ0) is 15.0. The second-order valence-electron chi connectivity index (χ2n) is 5.70. The van der Waals surface area contributed by atoms with E-state index in [9.17, 15) is 4.79 Å². The van der Waals surface area contributed by atoms with Crippen LogP contribution in [0.5, 0.6) is 0 Å². The standard InChI is InChI=1S/C16H25ClN2O.ClH/c1-4-8-18-9-10-19-15(20)16(2,3)12-13-6-5-7-14(17)11-13;/h5-7,11,18H,4,8-10,12H2,1-3H3,(H,19,20);1H. The maximum absolute atomic E-state index is 12.2. The lowest BCUT2D eigenvalue weighted by Gasteiger charge is -2.24. The van der Waals surface area contributed by atoms with Gasteiger partial charge in [-0.3, -0.25) is 4.79 Å². The second kappa shape index (κ2) is 10.0. The molecule has 0 fully saturated rings. The van der Waals surface area contributed by atoms with Crippen LogP contribution < -0.4 is 10.6 Å². The number of nitrogens with one attached hydrogen (secondary N) is 2. The summed E-state index contributed by atoms with van der Waals surface area (Å²) in [6.07, 6.45) is 1.79. The minimum absolute atomic E-state index is 0. The molecule has 0 heterocycles. The fraction of sp³-hybridized carbons (Fsp3) is 0.562. The second-order valence-corrected chi connectivity index (χ2v) is 6.13. The van der Waals surface area contributed by atoms with E-state index in [4.69, 9.17) is 11.6 Å². The Kier molecular flexibility index (Phi) is 9.67. The Balaban J connectivity index is 0.00000400. The third kappa shape index (κ3) is 7.70. The number of rotatable bonds is 8. The van der Waals surface area contributed by atoms with Crippen molar-refractivity contribution in [3.63, 3.8) is 0 Å². The van der Waals surface area contributed by atoms with Crippen LogP contribution in [0.4, 0.5) is 0 Å². The van der Waals surface area contributed by atoms with Gasteiger partial charge in [0.15, 0.2) is 0 Å². The maximum Gasteiger partial charge on any atom is 0.226 e. The molecule has 0 spiro atoms. The number of carbonyl (C=O) groups is 1. The molecule has 1 amide bonds. The lowest BCUT2D eigenvalue weighted by Crippen LogP contribution is -2.41. The Morgan fingerprint density at radius 2 is 1.95 bits per heavy atom. The highest BCUT2D eigenvalue weighted by atomic mass is 35.5. The first-order valence-electron chi connectivity index (χ1n) is 7.19. The van der Waals surface area contributed by atoms with Gasteiger partial charge in [-0.2, -0.15) is 0 Å². The number of hydrogen-bond acceptors (Lipinski definition) is 2. The van der Waals surface area contributed by atoms with Crippen LogP contribution in [-0.4, -0.2) is 25.5 Å². The van der Waals surface area contributed by atoms with Crippen LogP contribution in [0.15, 0.2) is 24.3 Å². The lowest BCUT2D eigenvalue weighted by molar-refractivity contribution is -0.129. The molecule has 1 rings (SSSR count). The van der Waals surface area contributed by atoms with Gasteiger partial charge in [0.25, 0.3) is 0 Å². The Morgan fingerprint density at radius 1 is 1.24 bits per heavy atom. The van der Waals surface area contributed by atoms with Crippen LogP contribution >= 0.6 is 24.0 Å². The van der Waals surface area contributed by atoms with E-state index in [1.54, 1.807) is 0 Å². The van der Waals surface area contributed by atoms with Crippen molar-refractivity contribution in [2.45, 2.75) is 33.6 Å². The van der Waals surface area contributed by atoms with E-state index in [1.165, 1.54) is 0 Å². The van der Waals surface area contributed by atoms with Crippen molar-refractivity contribution in [1.82, 2.24) is 10.6 Å². The molecule has 0 aromatic heterocycles. The molecule has 0 bridgehead atoms. The van der Waals surface area contributed by atoms with Gasteiger partial charge in [0.05, 0.1) is 0 Å². The van der Waals surface area contributed by atoms with Crippen LogP contribution in [-0.2, 0) is 11.2 Å². The molecule has 1 aromatic carbocycles. The first-order chi connectivity index (χ1) is 9.45. The smallest absolute Gasteiger partial charge is 0.226 e. The average molecular weight is 333 g/mol. The van der Waals surface area contributed by atoms with Gasteiger partial charge in [-0.15, -0.1) is 12.4 Å². The molecule has 2 N–H and O–H groups in total. The summed E-state index contributed by atoms with van der Waals surface area (Å²) in [5.74, 6) is 0.0794. The number of benzene rings is 1. The molecular weight excluding hydrogens is 307 g/mol. The molecule has 0 atom stereocenters. The predicted molar refractivity (Wildman–Crippen MR) is 92.4 cm³/mol. The van der Waals surface area contributed by atoms with E-state index in [1.807, 2.05) is 38.1 Å². The Labute approximate surface area is 139 Å². The molecule has 21 heavy (non-hydrogen) atoms. The summed E-state index contributed by atoms with van der Waals surface area (Å²) in [4.78, 5) is 12.2. The van der Waals surface area contributed by atoms with Gasteiger partial charge in [0, 0.05) is 23.5 Å². The molecule has 5 heteroatoms. The van der Waals surface area contributed by atoms with Crippen molar-refractivity contribution in [2.75, 3.05) is 19.6 Å². The van der Waals surface area contributed by atoms with Crippen molar-refractivity contribution in [3.05, 3.63) is 34.9 Å². The molecule has 0 aliphatic carbocycles. The van der Waals surface area contributed by atoms with E-state index in [0.717, 1.165) is 25.1 Å². The van der Waals surface area contributed by atoms with Gasteiger partial charge in [0.2, 0.25) is 5.91 Å². The molecule has 1 aromatic rings. The van der Waals surface area contributed by atoms with Gasteiger partial charge >= 0.3 is 0 Å². The molecule has 0 unspecified atom stereocenters. The van der Waals surface area contributed by atoms with Crippen LogP contribution in [0.2, 0.25) is 5.02 Å². The summed E-state index contributed by atoms with van der Waals surface area (Å²) in [6.45, 7) is 8.51. The third-order valence-corrected chi connectivity index (χ3v) is 3.40. The summed E-state index contributed by atoms with van der Waals surface area (Å²) in [6, 6.07) is 7.68. The summed E-state index contributed by atoms with van der Waals surface area (Å²) in [5.41, 5.74) is 0.650. The van der Waals surface area contributed by atoms with Crippen LogP contribution in [0.1, 0.15) is 32.8 Å². The minimum Gasteiger partial charge on any atom is -0.354 e. The number of halogens is 2. The third-order valence-electron chi connectivity index (χ3n) is 3.16. The van der Waals surface area contributed by atoms with Crippen molar-refractivity contribution in [2.24, 2.45) is 5.41 Å². The van der Waals surface area contributed by atoms with Crippen LogP contribution in [0.3, 0.4) is 0 Å². The molecule has 0 radical (unpaired) electrons. The van der Waals surface area contributed by atoms with Gasteiger partial charge in [-0.1, -0.05) is 44.5 Å². The summed E-state index contributed by atoms with van der Waals surface area (Å²) < 4.78 is 0. The van der Waals surface area contributed by atoms with Gasteiger partial charge in [-0.05, 0) is 37.1 Å². The average Bonchev–Trinajstić information content (AvgIpc) is 2.37. The number of hydrogen-bond donors (Lipinski definition) is 2. The Hall–Kier alpha value is -0.770. The fourth-order valence-corrected chi connectivity index (χ4v) is 2.26. The molecular formula is C16H26Cl2N2O. The highest BCUT2D eigenvalue weighted by Crippen LogP contribution is 2.23. The SMILES string of the molecule is CCCNCCNC(=O)C(C)(C)Cc1cccc(Cl)c1.Cl. The zero-order valence-electron chi connectivity index (χ0n) is 13.0. The van der Waals surface area contributed by atoms with Gasteiger partial charge in [-0.25, -0.2) is 0 Å². The van der Waals surface area contributed by atoms with Crippen LogP contribution in [0.25, 0.3) is 0 Å². The molecule has 0 aliphatic heterocycles. The summed E-state index contributed by atoms with van der Waals surface area (Å²) in [7, 11) is 0. The summed E-state index contributed by atoms with van der Waals surface area (Å²) in [5, 5.41) is 6.96. The molecule has 3 nitrogen and oxygen atoms in total. The number of amides is 1. The monoisotopic (exact) mass is 332 g/mol. The van der Waals surface area contributed by atoms with E-state index < -0.39 is 5.41 Å². The molecule has 0 saturated carbocycles. The Bertz CT molecular complexity index is 436. The lowest BCUT2D eigenvalue weighted by atomic mass is 9.85. The van der Waals surface area contributed by atoms with Crippen molar-refractivity contribution < 1.29 is 4.79 Å². The predicted octanol–water partition coefficient (Wildman–Crippen LogP) is 3.45. The largest absolute Gasteiger partial charge is 0.354 e. The summed E-state index contributed by atoms with van der Waals surface area (Å²) >= 11 is 5.98. The topological polar surface area (TPSA) is 41.1 Å². The van der Waals surface area contributed by atoms with Gasteiger partial charge < -0.3 is 10.6 Å². The molecule has 0 aliphatic rings.